The Morgan fingerprint density at radius 2 is 2.21 bits per heavy atom. The van der Waals surface area contributed by atoms with Gasteiger partial charge in [-0.2, -0.15) is 0 Å². The Morgan fingerprint density at radius 3 is 2.84 bits per heavy atom. The van der Waals surface area contributed by atoms with Gasteiger partial charge in [0.1, 0.15) is 11.5 Å². The van der Waals surface area contributed by atoms with Crippen LogP contribution in [0.2, 0.25) is 0 Å². The SMILES string of the molecule is COc1cccc([C@H](C)NC(=O)c2cc(C)on2)c1. The molecular formula is C14H16N2O3. The number of nitrogens with zero attached hydrogens (tertiary/aromatic N) is 1. The van der Waals surface area contributed by atoms with Crippen molar-refractivity contribution in [3.05, 3.63) is 47.3 Å². The third-order valence-electron chi connectivity index (χ3n) is 2.80. The summed E-state index contributed by atoms with van der Waals surface area (Å²) in [5, 5.41) is 6.54. The van der Waals surface area contributed by atoms with Crippen LogP contribution in [-0.2, 0) is 0 Å². The van der Waals surface area contributed by atoms with E-state index in [9.17, 15) is 4.79 Å². The molecule has 1 heterocycles. The number of ether oxygens (including phenoxy) is 1. The van der Waals surface area contributed by atoms with E-state index < -0.39 is 0 Å². The van der Waals surface area contributed by atoms with E-state index in [0.29, 0.717) is 5.76 Å². The molecule has 2 aromatic rings. The fourth-order valence-electron chi connectivity index (χ4n) is 1.74. The number of benzene rings is 1. The average molecular weight is 260 g/mol. The number of rotatable bonds is 4. The summed E-state index contributed by atoms with van der Waals surface area (Å²) in [6.45, 7) is 3.65. The molecule has 1 atom stereocenters. The van der Waals surface area contributed by atoms with E-state index in [0.717, 1.165) is 11.3 Å². The van der Waals surface area contributed by atoms with Crippen LogP contribution < -0.4 is 10.1 Å². The fraction of sp³-hybridized carbons (Fsp3) is 0.286. The first-order valence-corrected chi connectivity index (χ1v) is 5.98. The van der Waals surface area contributed by atoms with Crippen molar-refractivity contribution in [1.82, 2.24) is 10.5 Å². The van der Waals surface area contributed by atoms with Gasteiger partial charge >= 0.3 is 0 Å². The number of hydrogen-bond acceptors (Lipinski definition) is 4. The second kappa shape index (κ2) is 5.56. The molecule has 5 heteroatoms. The van der Waals surface area contributed by atoms with Gasteiger partial charge in [0.05, 0.1) is 13.2 Å². The van der Waals surface area contributed by atoms with E-state index >= 15 is 0 Å². The molecule has 1 aromatic carbocycles. The smallest absolute Gasteiger partial charge is 0.273 e. The van der Waals surface area contributed by atoms with Gasteiger partial charge in [-0.15, -0.1) is 0 Å². The zero-order valence-electron chi connectivity index (χ0n) is 11.1. The predicted molar refractivity (Wildman–Crippen MR) is 70.1 cm³/mol. The number of carbonyl (C=O) groups excluding carboxylic acids is 1. The highest BCUT2D eigenvalue weighted by molar-refractivity contribution is 5.92. The van der Waals surface area contributed by atoms with Crippen molar-refractivity contribution in [1.29, 1.82) is 0 Å². The maximum Gasteiger partial charge on any atom is 0.273 e. The highest BCUT2D eigenvalue weighted by Gasteiger charge is 2.15. The molecule has 0 unspecified atom stereocenters. The molecule has 0 aliphatic carbocycles. The molecule has 0 aliphatic rings. The molecule has 5 nitrogen and oxygen atoms in total. The maximum atomic E-state index is 11.9. The minimum atomic E-state index is -0.257. The maximum absolute atomic E-state index is 11.9. The second-order valence-corrected chi connectivity index (χ2v) is 4.29. The van der Waals surface area contributed by atoms with Gasteiger partial charge in [-0.25, -0.2) is 0 Å². The zero-order chi connectivity index (χ0) is 13.8. The van der Waals surface area contributed by atoms with Crippen LogP contribution in [0.25, 0.3) is 0 Å². The van der Waals surface area contributed by atoms with Gasteiger partial charge in [-0.3, -0.25) is 4.79 Å². The van der Waals surface area contributed by atoms with Crippen molar-refractivity contribution in [3.8, 4) is 5.75 Å². The van der Waals surface area contributed by atoms with Gasteiger partial charge < -0.3 is 14.6 Å². The van der Waals surface area contributed by atoms with Crippen LogP contribution >= 0.6 is 0 Å². The lowest BCUT2D eigenvalue weighted by Gasteiger charge is -2.14. The van der Waals surface area contributed by atoms with Gasteiger partial charge in [-0.1, -0.05) is 17.3 Å². The van der Waals surface area contributed by atoms with Crippen LogP contribution in [0.4, 0.5) is 0 Å². The molecule has 1 N–H and O–H groups in total. The summed E-state index contributed by atoms with van der Waals surface area (Å²) in [6, 6.07) is 9.03. The van der Waals surface area contributed by atoms with Gasteiger partial charge in [0.25, 0.3) is 5.91 Å². The summed E-state index contributed by atoms with van der Waals surface area (Å²) >= 11 is 0. The van der Waals surface area contributed by atoms with Gasteiger partial charge in [-0.05, 0) is 31.5 Å². The number of amides is 1. The molecule has 0 fully saturated rings. The van der Waals surface area contributed by atoms with E-state index in [4.69, 9.17) is 9.26 Å². The van der Waals surface area contributed by atoms with E-state index in [2.05, 4.69) is 10.5 Å². The second-order valence-electron chi connectivity index (χ2n) is 4.29. The highest BCUT2D eigenvalue weighted by atomic mass is 16.5. The summed E-state index contributed by atoms with van der Waals surface area (Å²) < 4.78 is 10.0. The number of methoxy groups -OCH3 is 1. The van der Waals surface area contributed by atoms with Crippen molar-refractivity contribution in [2.24, 2.45) is 0 Å². The Balaban J connectivity index is 2.08. The van der Waals surface area contributed by atoms with Crippen LogP contribution in [0.5, 0.6) is 5.75 Å². The van der Waals surface area contributed by atoms with Crippen LogP contribution in [0.1, 0.15) is 34.8 Å². The van der Waals surface area contributed by atoms with E-state index in [1.165, 1.54) is 0 Å². The van der Waals surface area contributed by atoms with E-state index in [1.54, 1.807) is 20.1 Å². The Labute approximate surface area is 111 Å². The lowest BCUT2D eigenvalue weighted by Crippen LogP contribution is -2.26. The van der Waals surface area contributed by atoms with Crippen molar-refractivity contribution in [2.45, 2.75) is 19.9 Å². The first kappa shape index (κ1) is 13.1. The van der Waals surface area contributed by atoms with Gasteiger partial charge in [0.2, 0.25) is 0 Å². The topological polar surface area (TPSA) is 64.4 Å². The highest BCUT2D eigenvalue weighted by Crippen LogP contribution is 2.19. The standard InChI is InChI=1S/C14H16N2O3/c1-9-7-13(16-19-9)14(17)15-10(2)11-5-4-6-12(8-11)18-3/h4-8,10H,1-3H3,(H,15,17)/t10-/m0/s1. The van der Waals surface area contributed by atoms with Crippen LogP contribution in [-0.4, -0.2) is 18.2 Å². The summed E-state index contributed by atoms with van der Waals surface area (Å²) in [5.74, 6) is 1.11. The van der Waals surface area contributed by atoms with Crippen molar-refractivity contribution < 1.29 is 14.1 Å². The normalized spacial score (nSPS) is 11.9. The molecule has 0 radical (unpaired) electrons. The number of aryl methyl sites for hydroxylation is 1. The minimum absolute atomic E-state index is 0.139. The van der Waals surface area contributed by atoms with Crippen molar-refractivity contribution in [3.63, 3.8) is 0 Å². The molecule has 0 spiro atoms. The summed E-state index contributed by atoms with van der Waals surface area (Å²) in [6.07, 6.45) is 0. The van der Waals surface area contributed by atoms with Gasteiger partial charge in [0.15, 0.2) is 5.69 Å². The fourth-order valence-corrected chi connectivity index (χ4v) is 1.74. The molecule has 0 aliphatic heterocycles. The molecule has 1 aromatic heterocycles. The van der Waals surface area contributed by atoms with Crippen LogP contribution in [0, 0.1) is 6.92 Å². The zero-order valence-corrected chi connectivity index (χ0v) is 11.1. The van der Waals surface area contributed by atoms with Crippen LogP contribution in [0.3, 0.4) is 0 Å². The van der Waals surface area contributed by atoms with E-state index in [1.807, 2.05) is 31.2 Å². The molecule has 2 rings (SSSR count). The number of aromatic nitrogens is 1. The average Bonchev–Trinajstić information content (AvgIpc) is 2.85. The third kappa shape index (κ3) is 3.13. The molecule has 100 valence electrons. The molecule has 0 saturated carbocycles. The molecule has 19 heavy (non-hydrogen) atoms. The lowest BCUT2D eigenvalue weighted by atomic mass is 10.1. The third-order valence-corrected chi connectivity index (χ3v) is 2.80. The Bertz CT molecular complexity index is 578. The minimum Gasteiger partial charge on any atom is -0.497 e. The van der Waals surface area contributed by atoms with Gasteiger partial charge in [0, 0.05) is 6.07 Å². The summed E-state index contributed by atoms with van der Waals surface area (Å²) in [4.78, 5) is 11.9. The Morgan fingerprint density at radius 1 is 1.42 bits per heavy atom. The summed E-state index contributed by atoms with van der Waals surface area (Å²) in [5.41, 5.74) is 1.25. The predicted octanol–water partition coefficient (Wildman–Crippen LogP) is 2.48. The Kier molecular flexibility index (Phi) is 3.85. The number of nitrogens with one attached hydrogen (secondary N) is 1. The van der Waals surface area contributed by atoms with Crippen molar-refractivity contribution >= 4 is 5.91 Å². The Hall–Kier alpha value is -2.30. The largest absolute Gasteiger partial charge is 0.497 e. The van der Waals surface area contributed by atoms with Crippen LogP contribution in [0.15, 0.2) is 34.9 Å². The molecule has 0 saturated heterocycles. The quantitative estimate of drug-likeness (QED) is 0.917. The first-order chi connectivity index (χ1) is 9.10. The first-order valence-electron chi connectivity index (χ1n) is 5.98. The van der Waals surface area contributed by atoms with E-state index in [-0.39, 0.29) is 17.6 Å². The van der Waals surface area contributed by atoms with Crippen molar-refractivity contribution in [2.75, 3.05) is 7.11 Å². The molecule has 1 amide bonds. The summed E-state index contributed by atoms with van der Waals surface area (Å²) in [7, 11) is 1.61. The monoisotopic (exact) mass is 260 g/mol. The molecule has 0 bridgehead atoms. The lowest BCUT2D eigenvalue weighted by molar-refractivity contribution is 0.0930. The molecular weight excluding hydrogens is 244 g/mol. The number of hydrogen-bond donors (Lipinski definition) is 1. The number of carbonyl (C=O) groups is 1.